The van der Waals surface area contributed by atoms with Gasteiger partial charge in [-0.05, 0) is 36.7 Å². The lowest BCUT2D eigenvalue weighted by atomic mass is 10.1. The number of nitro benzene ring substituents is 1. The Morgan fingerprint density at radius 2 is 1.90 bits per heavy atom. The molecule has 0 spiro atoms. The van der Waals surface area contributed by atoms with Crippen LogP contribution in [0.3, 0.4) is 0 Å². The van der Waals surface area contributed by atoms with Gasteiger partial charge in [0.1, 0.15) is 5.82 Å². The Hall–Kier alpha value is -1.98. The minimum absolute atomic E-state index is 0.0766. The van der Waals surface area contributed by atoms with Gasteiger partial charge >= 0.3 is 0 Å². The summed E-state index contributed by atoms with van der Waals surface area (Å²) in [6, 6.07) is 10.8. The van der Waals surface area contributed by atoms with Crippen molar-refractivity contribution in [1.29, 1.82) is 0 Å². The zero-order chi connectivity index (χ0) is 15.2. The number of halogens is 2. The van der Waals surface area contributed by atoms with Crippen molar-refractivity contribution in [2.24, 2.45) is 0 Å². The van der Waals surface area contributed by atoms with Gasteiger partial charge in [0.2, 0.25) is 0 Å². The third-order valence-electron chi connectivity index (χ3n) is 3.06. The van der Waals surface area contributed by atoms with Gasteiger partial charge in [-0.25, -0.2) is 4.39 Å². The maximum Gasteiger partial charge on any atom is 0.269 e. The Bertz CT molecular complexity index is 632. The smallest absolute Gasteiger partial charge is 0.269 e. The van der Waals surface area contributed by atoms with Gasteiger partial charge in [-0.15, -0.1) is 0 Å². The third-order valence-corrected chi connectivity index (χ3v) is 3.30. The monoisotopic (exact) mass is 308 g/mol. The van der Waals surface area contributed by atoms with Crippen molar-refractivity contribution in [2.75, 3.05) is 6.54 Å². The lowest BCUT2D eigenvalue weighted by Crippen LogP contribution is -2.17. The van der Waals surface area contributed by atoms with E-state index < -0.39 is 4.92 Å². The highest BCUT2D eigenvalue weighted by atomic mass is 35.5. The second kappa shape index (κ2) is 7.15. The average molecular weight is 309 g/mol. The summed E-state index contributed by atoms with van der Waals surface area (Å²) in [5, 5.41) is 14.2. The van der Waals surface area contributed by atoms with E-state index in [1.54, 1.807) is 18.2 Å². The van der Waals surface area contributed by atoms with Crippen molar-refractivity contribution in [1.82, 2.24) is 5.32 Å². The quantitative estimate of drug-likeness (QED) is 0.503. The third kappa shape index (κ3) is 4.51. The minimum Gasteiger partial charge on any atom is -0.312 e. The Balaban J connectivity index is 1.81. The average Bonchev–Trinajstić information content (AvgIpc) is 2.47. The number of hydrogen-bond donors (Lipinski definition) is 1. The Kier molecular flexibility index (Phi) is 5.25. The number of nitrogens with one attached hydrogen (secondary N) is 1. The molecule has 0 heterocycles. The van der Waals surface area contributed by atoms with Crippen LogP contribution in [0.4, 0.5) is 10.1 Å². The summed E-state index contributed by atoms with van der Waals surface area (Å²) in [6.45, 7) is 1.03. The molecule has 2 aromatic carbocycles. The number of hydrogen-bond acceptors (Lipinski definition) is 3. The molecule has 110 valence electrons. The van der Waals surface area contributed by atoms with Crippen LogP contribution < -0.4 is 5.32 Å². The lowest BCUT2D eigenvalue weighted by Gasteiger charge is -2.06. The molecule has 0 unspecified atom stereocenters. The van der Waals surface area contributed by atoms with E-state index in [-0.39, 0.29) is 11.5 Å². The van der Waals surface area contributed by atoms with Crippen LogP contribution in [0.25, 0.3) is 0 Å². The molecule has 0 aliphatic carbocycles. The van der Waals surface area contributed by atoms with Gasteiger partial charge < -0.3 is 5.32 Å². The first-order valence-corrected chi connectivity index (χ1v) is 6.82. The predicted octanol–water partition coefficient (Wildman–Crippen LogP) is 3.72. The summed E-state index contributed by atoms with van der Waals surface area (Å²) in [6.07, 6.45) is 0.709. The van der Waals surface area contributed by atoms with E-state index in [2.05, 4.69) is 5.32 Å². The van der Waals surface area contributed by atoms with E-state index in [9.17, 15) is 14.5 Å². The lowest BCUT2D eigenvalue weighted by molar-refractivity contribution is -0.384. The molecule has 2 aromatic rings. The van der Waals surface area contributed by atoms with Crippen molar-refractivity contribution in [2.45, 2.75) is 13.0 Å². The molecule has 0 saturated carbocycles. The number of non-ortho nitro benzene ring substituents is 1. The molecule has 0 aliphatic rings. The van der Waals surface area contributed by atoms with E-state index >= 15 is 0 Å². The zero-order valence-electron chi connectivity index (χ0n) is 11.2. The van der Waals surface area contributed by atoms with Gasteiger partial charge in [-0.3, -0.25) is 10.1 Å². The molecule has 0 amide bonds. The highest BCUT2D eigenvalue weighted by Crippen LogP contribution is 2.15. The Morgan fingerprint density at radius 1 is 1.19 bits per heavy atom. The van der Waals surface area contributed by atoms with Gasteiger partial charge in [0, 0.05) is 29.3 Å². The molecule has 0 aromatic heterocycles. The largest absolute Gasteiger partial charge is 0.312 e. The fourth-order valence-electron chi connectivity index (χ4n) is 1.92. The second-order valence-electron chi connectivity index (χ2n) is 4.59. The van der Waals surface area contributed by atoms with Crippen LogP contribution >= 0.6 is 11.6 Å². The van der Waals surface area contributed by atoms with Gasteiger partial charge in [0.25, 0.3) is 5.69 Å². The summed E-state index contributed by atoms with van der Waals surface area (Å²) in [5.41, 5.74) is 1.58. The first-order chi connectivity index (χ1) is 10.1. The molecule has 21 heavy (non-hydrogen) atoms. The molecule has 0 bridgehead atoms. The van der Waals surface area contributed by atoms with Crippen molar-refractivity contribution >= 4 is 17.3 Å². The van der Waals surface area contributed by atoms with Gasteiger partial charge in [-0.2, -0.15) is 0 Å². The predicted molar refractivity (Wildman–Crippen MR) is 79.9 cm³/mol. The topological polar surface area (TPSA) is 55.2 Å². The summed E-state index contributed by atoms with van der Waals surface area (Å²) >= 11 is 5.82. The van der Waals surface area contributed by atoms with Crippen molar-refractivity contribution in [3.8, 4) is 0 Å². The number of rotatable bonds is 6. The molecule has 0 fully saturated rings. The standard InChI is InChI=1S/C15H14ClFN2O2/c16-13-3-6-15(17)12(9-13)10-18-8-7-11-1-4-14(5-2-11)19(20)21/h1-6,9,18H,7-8,10H2. The fourth-order valence-corrected chi connectivity index (χ4v) is 2.11. The Morgan fingerprint density at radius 3 is 2.57 bits per heavy atom. The van der Waals surface area contributed by atoms with Gasteiger partial charge in [-0.1, -0.05) is 23.7 Å². The highest BCUT2D eigenvalue weighted by molar-refractivity contribution is 6.30. The van der Waals surface area contributed by atoms with Gasteiger partial charge in [0.05, 0.1) is 4.92 Å². The highest BCUT2D eigenvalue weighted by Gasteiger charge is 2.04. The molecule has 1 N–H and O–H groups in total. The van der Waals surface area contributed by atoms with Crippen LogP contribution in [-0.2, 0) is 13.0 Å². The molecule has 0 atom stereocenters. The van der Waals surface area contributed by atoms with E-state index in [1.165, 1.54) is 24.3 Å². The number of nitrogens with zero attached hydrogens (tertiary/aromatic N) is 1. The second-order valence-corrected chi connectivity index (χ2v) is 5.02. The maximum absolute atomic E-state index is 13.5. The first kappa shape index (κ1) is 15.4. The molecular formula is C15H14ClFN2O2. The van der Waals surface area contributed by atoms with Crippen LogP contribution in [0.15, 0.2) is 42.5 Å². The van der Waals surface area contributed by atoms with E-state index in [1.807, 2.05) is 0 Å². The van der Waals surface area contributed by atoms with Crippen LogP contribution in [0.5, 0.6) is 0 Å². The molecule has 0 aliphatic heterocycles. The normalized spacial score (nSPS) is 10.6. The van der Waals surface area contributed by atoms with E-state index in [4.69, 9.17) is 11.6 Å². The van der Waals surface area contributed by atoms with Crippen molar-refractivity contribution in [3.05, 3.63) is 74.5 Å². The summed E-state index contributed by atoms with van der Waals surface area (Å²) in [7, 11) is 0. The van der Waals surface area contributed by atoms with E-state index in [0.717, 1.165) is 5.56 Å². The Labute approximate surface area is 126 Å². The molecule has 2 rings (SSSR count). The maximum atomic E-state index is 13.5. The molecule has 0 radical (unpaired) electrons. The SMILES string of the molecule is O=[N+]([O-])c1ccc(CCNCc2cc(Cl)ccc2F)cc1. The minimum atomic E-state index is -0.427. The van der Waals surface area contributed by atoms with Gasteiger partial charge in [0.15, 0.2) is 0 Å². The van der Waals surface area contributed by atoms with E-state index in [0.29, 0.717) is 30.1 Å². The van der Waals surface area contributed by atoms with Crippen LogP contribution in [0.1, 0.15) is 11.1 Å². The molecule has 0 saturated heterocycles. The summed E-state index contributed by atoms with van der Waals surface area (Å²) in [5.74, 6) is -0.290. The summed E-state index contributed by atoms with van der Waals surface area (Å²) < 4.78 is 13.5. The van der Waals surface area contributed by atoms with Crippen LogP contribution in [-0.4, -0.2) is 11.5 Å². The van der Waals surface area contributed by atoms with Crippen LogP contribution in [0, 0.1) is 15.9 Å². The first-order valence-electron chi connectivity index (χ1n) is 6.44. The molecular weight excluding hydrogens is 295 g/mol. The van der Waals surface area contributed by atoms with Crippen molar-refractivity contribution in [3.63, 3.8) is 0 Å². The number of nitro groups is 1. The zero-order valence-corrected chi connectivity index (χ0v) is 11.9. The summed E-state index contributed by atoms with van der Waals surface area (Å²) in [4.78, 5) is 10.1. The number of benzene rings is 2. The molecule has 6 heteroatoms. The van der Waals surface area contributed by atoms with Crippen molar-refractivity contribution < 1.29 is 9.31 Å². The fraction of sp³-hybridized carbons (Fsp3) is 0.200. The molecule has 4 nitrogen and oxygen atoms in total. The van der Waals surface area contributed by atoms with Crippen LogP contribution in [0.2, 0.25) is 5.02 Å².